The van der Waals surface area contributed by atoms with Gasteiger partial charge in [-0.15, -0.1) is 0 Å². The summed E-state index contributed by atoms with van der Waals surface area (Å²) < 4.78 is 13.7. The average molecular weight is 617 g/mol. The molecule has 0 unspecified atom stereocenters. The van der Waals surface area contributed by atoms with Gasteiger partial charge in [0, 0.05) is 35.9 Å². The van der Waals surface area contributed by atoms with E-state index in [2.05, 4.69) is 61.2 Å². The Morgan fingerprint density at radius 2 is 1.66 bits per heavy atom. The normalized spacial score (nSPS) is 10.9. The van der Waals surface area contributed by atoms with Gasteiger partial charge in [-0.2, -0.15) is 5.10 Å². The third-order valence-corrected chi connectivity index (χ3v) is 6.81. The predicted molar refractivity (Wildman–Crippen MR) is 166 cm³/mol. The predicted octanol–water partition coefficient (Wildman–Crippen LogP) is 6.22. The van der Waals surface area contributed by atoms with E-state index in [0.29, 0.717) is 27.8 Å². The number of halogens is 2. The van der Waals surface area contributed by atoms with Crippen LogP contribution in [0.2, 0.25) is 0 Å². The van der Waals surface area contributed by atoms with Crippen LogP contribution >= 0.6 is 15.9 Å². The lowest BCUT2D eigenvalue weighted by Gasteiger charge is -2.19. The molecule has 4 aromatic rings. The van der Waals surface area contributed by atoms with E-state index in [1.165, 1.54) is 24.0 Å². The number of carbonyl (C=O) groups is 2. The molecule has 0 spiro atoms. The Bertz CT molecular complexity index is 1480. The summed E-state index contributed by atoms with van der Waals surface area (Å²) in [6, 6.07) is 28.3. The molecule has 2 amide bonds. The zero-order chi connectivity index (χ0) is 29.0. The number of para-hydroxylation sites is 1. The Labute approximate surface area is 247 Å². The molecule has 0 aliphatic carbocycles. The van der Waals surface area contributed by atoms with Gasteiger partial charge in [0.15, 0.2) is 0 Å². The third-order valence-electron chi connectivity index (χ3n) is 6.31. The van der Waals surface area contributed by atoms with Crippen molar-refractivity contribution in [2.24, 2.45) is 5.10 Å². The minimum Gasteiger partial charge on any atom is -0.375 e. The van der Waals surface area contributed by atoms with Gasteiger partial charge >= 0.3 is 0 Å². The highest BCUT2D eigenvalue weighted by atomic mass is 79.9. The second-order valence-corrected chi connectivity index (χ2v) is 10.3. The van der Waals surface area contributed by atoms with Crippen molar-refractivity contribution in [3.63, 3.8) is 0 Å². The minimum atomic E-state index is -0.503. The molecule has 0 saturated heterocycles. The van der Waals surface area contributed by atoms with Crippen LogP contribution in [0.15, 0.2) is 107 Å². The number of hydrogen-bond acceptors (Lipinski definition) is 5. The molecule has 210 valence electrons. The number of nitrogens with one attached hydrogen (secondary N) is 3. The first kappa shape index (κ1) is 29.6. The maximum atomic E-state index is 13.1. The van der Waals surface area contributed by atoms with Gasteiger partial charge in [0.2, 0.25) is 0 Å². The highest BCUT2D eigenvalue weighted by molar-refractivity contribution is 9.10. The zero-order valence-electron chi connectivity index (χ0n) is 22.6. The summed E-state index contributed by atoms with van der Waals surface area (Å²) in [5, 5.41) is 10.2. The summed E-state index contributed by atoms with van der Waals surface area (Å²) in [7, 11) is 2.09. The number of hydrogen-bond donors (Lipinski definition) is 3. The van der Waals surface area contributed by atoms with Gasteiger partial charge in [-0.05, 0) is 78.7 Å². The Morgan fingerprint density at radius 3 is 2.39 bits per heavy atom. The fourth-order valence-electron chi connectivity index (χ4n) is 4.04. The van der Waals surface area contributed by atoms with Gasteiger partial charge in [0.05, 0.1) is 17.5 Å². The van der Waals surface area contributed by atoms with Crippen LogP contribution in [-0.2, 0) is 6.54 Å². The largest absolute Gasteiger partial charge is 0.375 e. The topological polar surface area (TPSA) is 85.8 Å². The Hall–Kier alpha value is -4.34. The van der Waals surface area contributed by atoms with E-state index in [0.717, 1.165) is 25.1 Å². The maximum Gasteiger partial charge on any atom is 0.273 e. The van der Waals surface area contributed by atoms with Crippen molar-refractivity contribution in [2.75, 3.05) is 30.4 Å². The lowest BCUT2D eigenvalue weighted by molar-refractivity contribution is 0.0956. The number of amides is 2. The molecule has 0 atom stereocenters. The van der Waals surface area contributed by atoms with E-state index in [-0.39, 0.29) is 17.3 Å². The number of nitrogens with zero attached hydrogens (tertiary/aromatic N) is 2. The van der Waals surface area contributed by atoms with Crippen LogP contribution in [0, 0.1) is 5.82 Å². The van der Waals surface area contributed by atoms with Crippen LogP contribution in [0.5, 0.6) is 0 Å². The van der Waals surface area contributed by atoms with E-state index in [1.807, 2.05) is 30.3 Å². The van der Waals surface area contributed by atoms with E-state index in [4.69, 9.17) is 0 Å². The molecule has 0 aliphatic heterocycles. The second-order valence-electron chi connectivity index (χ2n) is 9.38. The molecule has 0 radical (unpaired) electrons. The first-order chi connectivity index (χ1) is 19.9. The third kappa shape index (κ3) is 9.09. The van der Waals surface area contributed by atoms with Crippen molar-refractivity contribution in [3.8, 4) is 0 Å². The van der Waals surface area contributed by atoms with Crippen LogP contribution in [0.3, 0.4) is 0 Å². The summed E-state index contributed by atoms with van der Waals surface area (Å²) in [6.45, 7) is 2.53. The molecule has 0 aromatic heterocycles. The molecule has 7 nitrogen and oxygen atoms in total. The van der Waals surface area contributed by atoms with Gasteiger partial charge in [0.25, 0.3) is 11.8 Å². The van der Waals surface area contributed by atoms with E-state index in [1.54, 1.807) is 42.5 Å². The van der Waals surface area contributed by atoms with Crippen molar-refractivity contribution >= 4 is 45.3 Å². The second kappa shape index (κ2) is 14.9. The number of rotatable bonds is 12. The molecule has 9 heteroatoms. The molecule has 4 rings (SSSR count). The Balaban J connectivity index is 1.27. The minimum absolute atomic E-state index is 0.239. The van der Waals surface area contributed by atoms with Gasteiger partial charge < -0.3 is 15.5 Å². The summed E-state index contributed by atoms with van der Waals surface area (Å²) in [5.74, 6) is -1.19. The van der Waals surface area contributed by atoms with Crippen LogP contribution in [0.1, 0.15) is 38.3 Å². The zero-order valence-corrected chi connectivity index (χ0v) is 24.2. The van der Waals surface area contributed by atoms with Crippen molar-refractivity contribution in [1.82, 2.24) is 10.7 Å². The quantitative estimate of drug-likeness (QED) is 0.100. The van der Waals surface area contributed by atoms with Crippen molar-refractivity contribution in [3.05, 3.63) is 130 Å². The monoisotopic (exact) mass is 615 g/mol. The molecule has 3 N–H and O–H groups in total. The highest BCUT2D eigenvalue weighted by Gasteiger charge is 2.15. The van der Waals surface area contributed by atoms with Crippen molar-refractivity contribution in [1.29, 1.82) is 0 Å². The number of hydrazone groups is 1. The molecular formula is C32H31BrFN5O2. The molecule has 0 bridgehead atoms. The fraction of sp³-hybridized carbons (Fsp3) is 0.156. The molecule has 41 heavy (non-hydrogen) atoms. The molecular weight excluding hydrogens is 585 g/mol. The molecule has 0 fully saturated rings. The molecule has 4 aromatic carbocycles. The lowest BCUT2D eigenvalue weighted by atomic mass is 10.1. The Morgan fingerprint density at radius 1 is 0.927 bits per heavy atom. The first-order valence-electron chi connectivity index (χ1n) is 13.1. The first-order valence-corrected chi connectivity index (χ1v) is 13.9. The van der Waals surface area contributed by atoms with Crippen molar-refractivity contribution < 1.29 is 14.0 Å². The highest BCUT2D eigenvalue weighted by Crippen LogP contribution is 2.22. The molecule has 0 aliphatic rings. The fourth-order valence-corrected chi connectivity index (χ4v) is 4.40. The maximum absolute atomic E-state index is 13.1. The average Bonchev–Trinajstić information content (AvgIpc) is 2.99. The van der Waals surface area contributed by atoms with Crippen LogP contribution < -0.4 is 21.0 Å². The van der Waals surface area contributed by atoms with E-state index >= 15 is 0 Å². The lowest BCUT2D eigenvalue weighted by Crippen LogP contribution is -2.23. The van der Waals surface area contributed by atoms with Crippen LogP contribution in [0.25, 0.3) is 0 Å². The summed E-state index contributed by atoms with van der Waals surface area (Å²) in [6.07, 6.45) is 2.42. The van der Waals surface area contributed by atoms with Crippen LogP contribution in [0.4, 0.5) is 15.8 Å². The summed E-state index contributed by atoms with van der Waals surface area (Å²) >= 11 is 3.37. The number of anilines is 2. The number of benzene rings is 4. The van der Waals surface area contributed by atoms with Gasteiger partial charge in [-0.1, -0.05) is 58.4 Å². The number of carbonyl (C=O) groups excluding carboxylic acids is 2. The van der Waals surface area contributed by atoms with Gasteiger partial charge in [-0.25, -0.2) is 9.82 Å². The molecule has 0 heterocycles. The Kier molecular flexibility index (Phi) is 10.8. The van der Waals surface area contributed by atoms with E-state index < -0.39 is 5.91 Å². The summed E-state index contributed by atoms with van der Waals surface area (Å²) in [4.78, 5) is 28.0. The van der Waals surface area contributed by atoms with Gasteiger partial charge in [-0.3, -0.25) is 9.59 Å². The standard InChI is InChI=1S/C32H31BrFN5O2/c1-39(28-6-3-2-4-7-28)19-5-18-35-21-23-8-12-25(13-9-23)31(40)37-30-17-14-26(33)20-29(30)32(41)38-36-22-24-10-15-27(34)16-11-24/h2-4,6-17,20,22,35H,5,18-19,21H2,1H3,(H,37,40)(H,38,41)/b36-22+. The SMILES string of the molecule is CN(CCCNCc1ccc(C(=O)Nc2ccc(Br)cc2C(=O)N/N=C/c2ccc(F)cc2)cc1)c1ccccc1. The molecule has 0 saturated carbocycles. The van der Waals surface area contributed by atoms with E-state index in [9.17, 15) is 14.0 Å². The van der Waals surface area contributed by atoms with Crippen molar-refractivity contribution in [2.45, 2.75) is 13.0 Å². The van der Waals surface area contributed by atoms with Gasteiger partial charge in [0.1, 0.15) is 5.82 Å². The summed E-state index contributed by atoms with van der Waals surface area (Å²) in [5.41, 5.74) is 6.41. The van der Waals surface area contributed by atoms with Crippen LogP contribution in [-0.4, -0.2) is 38.2 Å². The smallest absolute Gasteiger partial charge is 0.273 e.